The predicted molar refractivity (Wildman–Crippen MR) is 127 cm³/mol. The highest BCUT2D eigenvalue weighted by Gasteiger charge is 2.13. The molecular weight excluding hydrogens is 434 g/mol. The molecule has 34 heavy (non-hydrogen) atoms. The van der Waals surface area contributed by atoms with E-state index in [1.807, 2.05) is 24.3 Å². The van der Waals surface area contributed by atoms with E-state index in [0.29, 0.717) is 48.6 Å². The van der Waals surface area contributed by atoms with Crippen LogP contribution in [-0.2, 0) is 6.54 Å². The van der Waals surface area contributed by atoms with E-state index >= 15 is 0 Å². The normalized spacial score (nSPS) is 11.1. The van der Waals surface area contributed by atoms with Gasteiger partial charge in [-0.05, 0) is 36.1 Å². The third-order valence-corrected chi connectivity index (χ3v) is 4.81. The highest BCUT2D eigenvalue weighted by atomic mass is 16.5. The fraction of sp³-hybridized carbons (Fsp3) is 0.320. The summed E-state index contributed by atoms with van der Waals surface area (Å²) in [5.74, 6) is 1.81. The van der Waals surface area contributed by atoms with Gasteiger partial charge >= 0.3 is 6.01 Å². The number of aromatic nitrogens is 5. The van der Waals surface area contributed by atoms with Crippen LogP contribution in [0.4, 0.5) is 0 Å². The van der Waals surface area contributed by atoms with E-state index < -0.39 is 0 Å². The molecule has 0 aliphatic carbocycles. The Morgan fingerprint density at radius 2 is 1.88 bits per heavy atom. The predicted octanol–water partition coefficient (Wildman–Crippen LogP) is 4.23. The fourth-order valence-corrected chi connectivity index (χ4v) is 3.14. The van der Waals surface area contributed by atoms with Crippen molar-refractivity contribution in [3.8, 4) is 34.6 Å². The smallest absolute Gasteiger partial charge is 0.316 e. The fourth-order valence-electron chi connectivity index (χ4n) is 3.14. The van der Waals surface area contributed by atoms with Crippen LogP contribution in [0.2, 0.25) is 0 Å². The molecule has 9 heteroatoms. The van der Waals surface area contributed by atoms with Gasteiger partial charge in [-0.2, -0.15) is 4.98 Å². The lowest BCUT2D eigenvalue weighted by Crippen LogP contribution is -2.19. The van der Waals surface area contributed by atoms with Crippen LogP contribution in [0.25, 0.3) is 22.8 Å². The molecule has 3 heterocycles. The van der Waals surface area contributed by atoms with Crippen LogP contribution in [0.1, 0.15) is 32.8 Å². The molecule has 0 spiro atoms. The molecule has 3 aromatic heterocycles. The van der Waals surface area contributed by atoms with Crippen molar-refractivity contribution in [1.82, 2.24) is 24.7 Å². The van der Waals surface area contributed by atoms with Crippen LogP contribution in [-0.4, -0.2) is 37.9 Å². The van der Waals surface area contributed by atoms with E-state index in [1.165, 1.54) is 6.07 Å². The Kier molecular flexibility index (Phi) is 7.31. The average Bonchev–Trinajstić information content (AvgIpc) is 3.34. The van der Waals surface area contributed by atoms with Crippen molar-refractivity contribution in [1.29, 1.82) is 0 Å². The monoisotopic (exact) mass is 461 g/mol. The zero-order valence-corrected chi connectivity index (χ0v) is 19.5. The molecule has 0 aliphatic heterocycles. The highest BCUT2D eigenvalue weighted by molar-refractivity contribution is 5.57. The lowest BCUT2D eigenvalue weighted by atomic mass is 10.2. The summed E-state index contributed by atoms with van der Waals surface area (Å²) in [5.41, 5.74) is 2.06. The summed E-state index contributed by atoms with van der Waals surface area (Å²) in [5, 5.41) is 4.06. The molecule has 4 rings (SSSR count). The number of hydrogen-bond donors (Lipinski definition) is 0. The topological polar surface area (TPSA) is 105 Å². The van der Waals surface area contributed by atoms with Crippen molar-refractivity contribution in [2.75, 3.05) is 13.2 Å². The number of ether oxygens (including phenoxy) is 2. The molecule has 0 aliphatic rings. The Balaban J connectivity index is 1.51. The first kappa shape index (κ1) is 23.2. The molecule has 0 unspecified atom stereocenters. The van der Waals surface area contributed by atoms with Gasteiger partial charge in [0, 0.05) is 30.2 Å². The summed E-state index contributed by atoms with van der Waals surface area (Å²) >= 11 is 0. The molecular formula is C25H27N5O4. The summed E-state index contributed by atoms with van der Waals surface area (Å²) in [7, 11) is 0. The Bertz CT molecular complexity index is 1280. The van der Waals surface area contributed by atoms with Gasteiger partial charge in [-0.25, -0.2) is 9.97 Å². The van der Waals surface area contributed by atoms with Gasteiger partial charge in [0.05, 0.1) is 25.3 Å². The molecule has 0 radical (unpaired) electrons. The molecule has 176 valence electrons. The zero-order valence-electron chi connectivity index (χ0n) is 19.5. The van der Waals surface area contributed by atoms with Gasteiger partial charge in [0.25, 0.3) is 11.4 Å². The van der Waals surface area contributed by atoms with Crippen LogP contribution < -0.4 is 15.0 Å². The van der Waals surface area contributed by atoms with Crippen LogP contribution in [0.5, 0.6) is 11.8 Å². The molecule has 0 N–H and O–H groups in total. The van der Waals surface area contributed by atoms with Crippen molar-refractivity contribution in [2.45, 2.75) is 33.7 Å². The standard InChI is InChI=1S/C25H27N5O4/c1-4-10-32-21-7-5-6-18(11-21)14-30-15-19(8-9-22(30)31)23-28-24(34-29-23)20-12-26-25(27-13-20)33-16-17(2)3/h5-9,11-13,15,17H,4,10,14,16H2,1-3H3. The number of nitrogens with zero attached hydrogens (tertiary/aromatic N) is 5. The summed E-state index contributed by atoms with van der Waals surface area (Å²) < 4.78 is 18.2. The van der Waals surface area contributed by atoms with Gasteiger partial charge in [-0.1, -0.05) is 38.1 Å². The third-order valence-electron chi connectivity index (χ3n) is 4.81. The van der Waals surface area contributed by atoms with Crippen molar-refractivity contribution in [3.05, 3.63) is 70.9 Å². The quantitative estimate of drug-likeness (QED) is 0.346. The molecule has 0 saturated heterocycles. The van der Waals surface area contributed by atoms with E-state index in [0.717, 1.165) is 17.7 Å². The van der Waals surface area contributed by atoms with Crippen molar-refractivity contribution >= 4 is 0 Å². The van der Waals surface area contributed by atoms with Crippen molar-refractivity contribution < 1.29 is 14.0 Å². The Labute approximate surface area is 197 Å². The van der Waals surface area contributed by atoms with E-state index in [1.54, 1.807) is 29.2 Å². The van der Waals surface area contributed by atoms with Gasteiger partial charge in [-0.15, -0.1) is 0 Å². The van der Waals surface area contributed by atoms with E-state index in [2.05, 4.69) is 40.9 Å². The van der Waals surface area contributed by atoms with Crippen LogP contribution in [0.15, 0.2) is 64.3 Å². The number of benzene rings is 1. The maximum Gasteiger partial charge on any atom is 0.316 e. The molecule has 1 aromatic carbocycles. The van der Waals surface area contributed by atoms with Gasteiger partial charge in [0.1, 0.15) is 5.75 Å². The molecule has 0 atom stereocenters. The summed E-state index contributed by atoms with van der Waals surface area (Å²) in [4.78, 5) is 25.3. The molecule has 0 fully saturated rings. The average molecular weight is 462 g/mol. The van der Waals surface area contributed by atoms with Crippen LogP contribution in [0.3, 0.4) is 0 Å². The zero-order chi connectivity index (χ0) is 23.9. The maximum atomic E-state index is 12.5. The van der Waals surface area contributed by atoms with Gasteiger partial charge in [0.2, 0.25) is 5.82 Å². The first-order valence-electron chi connectivity index (χ1n) is 11.2. The summed E-state index contributed by atoms with van der Waals surface area (Å²) in [6.45, 7) is 7.75. The third kappa shape index (κ3) is 5.86. The largest absolute Gasteiger partial charge is 0.494 e. The molecule has 0 amide bonds. The summed E-state index contributed by atoms with van der Waals surface area (Å²) in [6, 6.07) is 11.2. The lowest BCUT2D eigenvalue weighted by molar-refractivity contribution is 0.251. The SMILES string of the molecule is CCCOc1cccc(Cn2cc(-c3noc(-c4cnc(OCC(C)C)nc4)n3)ccc2=O)c1. The second kappa shape index (κ2) is 10.7. The molecule has 0 saturated carbocycles. The molecule has 0 bridgehead atoms. The first-order valence-corrected chi connectivity index (χ1v) is 11.2. The Morgan fingerprint density at radius 3 is 2.65 bits per heavy atom. The second-order valence-corrected chi connectivity index (χ2v) is 8.26. The van der Waals surface area contributed by atoms with Crippen LogP contribution >= 0.6 is 0 Å². The Morgan fingerprint density at radius 1 is 1.06 bits per heavy atom. The maximum absolute atomic E-state index is 12.5. The summed E-state index contributed by atoms with van der Waals surface area (Å²) in [6.07, 6.45) is 5.81. The van der Waals surface area contributed by atoms with Gasteiger partial charge in [0.15, 0.2) is 0 Å². The molecule has 4 aromatic rings. The van der Waals surface area contributed by atoms with E-state index in [-0.39, 0.29) is 11.4 Å². The second-order valence-electron chi connectivity index (χ2n) is 8.26. The first-order chi connectivity index (χ1) is 16.5. The number of pyridine rings is 1. The molecule has 9 nitrogen and oxygen atoms in total. The van der Waals surface area contributed by atoms with E-state index in [4.69, 9.17) is 14.0 Å². The number of hydrogen-bond acceptors (Lipinski definition) is 8. The Hall–Kier alpha value is -4.01. The number of rotatable bonds is 10. The van der Waals surface area contributed by atoms with E-state index in [9.17, 15) is 4.79 Å². The lowest BCUT2D eigenvalue weighted by Gasteiger charge is -2.09. The van der Waals surface area contributed by atoms with Gasteiger partial charge < -0.3 is 18.6 Å². The minimum Gasteiger partial charge on any atom is -0.494 e. The van der Waals surface area contributed by atoms with Gasteiger partial charge in [-0.3, -0.25) is 4.79 Å². The minimum atomic E-state index is -0.127. The van der Waals surface area contributed by atoms with Crippen molar-refractivity contribution in [3.63, 3.8) is 0 Å². The highest BCUT2D eigenvalue weighted by Crippen LogP contribution is 2.22. The minimum absolute atomic E-state index is 0.127. The van der Waals surface area contributed by atoms with Crippen LogP contribution in [0, 0.1) is 5.92 Å². The van der Waals surface area contributed by atoms with Crippen molar-refractivity contribution in [2.24, 2.45) is 5.92 Å².